The zero-order chi connectivity index (χ0) is 63.0. The van der Waals surface area contributed by atoms with Gasteiger partial charge in [-0.2, -0.15) is 0 Å². The predicted octanol–water partition coefficient (Wildman–Crippen LogP) is 18.0. The summed E-state index contributed by atoms with van der Waals surface area (Å²) >= 11 is 19.6. The van der Waals surface area contributed by atoms with E-state index in [1.807, 2.05) is 141 Å². The van der Waals surface area contributed by atoms with Crippen molar-refractivity contribution in [2.24, 2.45) is 21.8 Å². The maximum Gasteiger partial charge on any atom is 0.204 e. The number of fused-ring (bicyclic) bond motifs is 4. The number of nitrogens with zero attached hydrogens (tertiary/aromatic N) is 6. The number of rotatable bonds is 14. The first kappa shape index (κ1) is 67.2. The van der Waals surface area contributed by atoms with E-state index in [9.17, 15) is 9.59 Å². The smallest absolute Gasteiger partial charge is 0.204 e. The van der Waals surface area contributed by atoms with Crippen molar-refractivity contribution in [1.82, 2.24) is 19.9 Å². The second-order valence-corrected chi connectivity index (χ2v) is 25.2. The number of hydrogen-bond acceptors (Lipinski definition) is 20. The lowest BCUT2D eigenvalue weighted by molar-refractivity contribution is -0.107. The number of thiophene rings is 4. The van der Waals surface area contributed by atoms with Crippen LogP contribution in [-0.4, -0.2) is 71.0 Å². The summed E-state index contributed by atoms with van der Waals surface area (Å²) in [5, 5.41) is 11.6. The van der Waals surface area contributed by atoms with Crippen LogP contribution in [-0.2, 0) is 19.3 Å². The van der Waals surface area contributed by atoms with Gasteiger partial charge in [0.05, 0.1) is 75.0 Å². The third kappa shape index (κ3) is 19.6. The van der Waals surface area contributed by atoms with Gasteiger partial charge >= 0.3 is 0 Å². The van der Waals surface area contributed by atoms with Gasteiger partial charge in [-0.1, -0.05) is 74.0 Å². The fourth-order valence-corrected chi connectivity index (χ4v) is 12.1. The second-order valence-electron chi connectivity index (χ2n) is 17.2. The molecule has 0 unspecified atom stereocenters. The molecule has 2 amide bonds. The number of amides is 2. The summed E-state index contributed by atoms with van der Waals surface area (Å²) in [6.45, 7) is 3.48. The van der Waals surface area contributed by atoms with Gasteiger partial charge in [-0.05, 0) is 135 Å². The van der Waals surface area contributed by atoms with E-state index in [4.69, 9.17) is 38.2 Å². The topological polar surface area (TPSA) is 252 Å². The number of halogens is 4. The molecule has 12 aromatic rings. The molecular weight excluding hydrogens is 1460 g/mol. The van der Waals surface area contributed by atoms with Crippen LogP contribution in [0.2, 0.25) is 0 Å². The van der Waals surface area contributed by atoms with Crippen LogP contribution in [0.4, 0.5) is 0 Å². The predicted molar refractivity (Wildman–Crippen MR) is 365 cm³/mol. The van der Waals surface area contributed by atoms with E-state index in [0.717, 1.165) is 114 Å². The second kappa shape index (κ2) is 34.3. The number of nitrogens with two attached hydrogens (primary N) is 2. The number of ketones is 1. The summed E-state index contributed by atoms with van der Waals surface area (Å²) < 4.78 is 31.5. The molecule has 0 atom stereocenters. The monoisotopic (exact) mass is 1510 g/mol. The van der Waals surface area contributed by atoms with Crippen LogP contribution < -0.4 is 30.4 Å². The molecule has 0 saturated carbocycles. The number of pyridine rings is 4. The minimum Gasteiger partial charge on any atom is -0.455 e. The quantitative estimate of drug-likeness (QED) is 0.0445. The fraction of sp³-hybridized carbons (Fsp3) is 0.0645. The van der Waals surface area contributed by atoms with Gasteiger partial charge in [0.1, 0.15) is 37.2 Å². The van der Waals surface area contributed by atoms with E-state index in [0.29, 0.717) is 21.3 Å². The summed E-state index contributed by atoms with van der Waals surface area (Å²) in [7, 11) is 3.06. The maximum absolute atomic E-state index is 11.5. The van der Waals surface area contributed by atoms with Crippen molar-refractivity contribution < 1.29 is 47.8 Å². The normalized spacial score (nSPS) is 10.6. The SMILES string of the molecule is CC(=O)c1cc2c(Oc3ccc(Br)cc3)cncc2s1.CO/N=C(\C)c1cc2c(Oc3ccc(Br)cc3)cncc2s1.CO/N=C/c1cc2c(Oc3ccc(Br)cc3)cncc2s1.NC=O.NC=O.O=Cc1cc2c(Oc3ccc(Br)cc3)cncc2s1. The molecule has 4 N–H and O–H groups in total. The molecule has 8 aromatic heterocycles. The van der Waals surface area contributed by atoms with Crippen LogP contribution in [0.15, 0.2) is 199 Å². The molecule has 4 aromatic carbocycles. The lowest BCUT2D eigenvalue weighted by Crippen LogP contribution is -1.90. The molecule has 448 valence electrons. The van der Waals surface area contributed by atoms with Gasteiger partial charge in [0.2, 0.25) is 12.8 Å². The van der Waals surface area contributed by atoms with Gasteiger partial charge < -0.3 is 40.1 Å². The van der Waals surface area contributed by atoms with Crippen LogP contribution in [0.5, 0.6) is 46.0 Å². The van der Waals surface area contributed by atoms with Gasteiger partial charge in [0.15, 0.2) is 35.1 Å². The van der Waals surface area contributed by atoms with Crippen molar-refractivity contribution in [1.29, 1.82) is 0 Å². The van der Waals surface area contributed by atoms with Crippen LogP contribution in [0.3, 0.4) is 0 Å². The Bertz CT molecular complexity index is 4330. The maximum atomic E-state index is 11.5. The summed E-state index contributed by atoms with van der Waals surface area (Å²) in [5.74, 6) is 5.84. The summed E-state index contributed by atoms with van der Waals surface area (Å²) in [4.78, 5) is 69.2. The summed E-state index contributed by atoms with van der Waals surface area (Å²) in [5.41, 5.74) is 9.17. The van der Waals surface area contributed by atoms with Crippen molar-refractivity contribution in [2.75, 3.05) is 14.2 Å². The zero-order valence-corrected chi connectivity index (χ0v) is 56.2. The molecule has 88 heavy (non-hydrogen) atoms. The average Bonchev–Trinajstić information content (AvgIpc) is 2.50. The molecule has 0 aliphatic carbocycles. The van der Waals surface area contributed by atoms with Gasteiger partial charge in [0, 0.05) is 64.2 Å². The van der Waals surface area contributed by atoms with E-state index in [1.165, 1.54) is 29.8 Å². The highest BCUT2D eigenvalue weighted by atomic mass is 79.9. The number of Topliss-reactive ketones (excluding diaryl/α,β-unsaturated/α-hetero) is 1. The van der Waals surface area contributed by atoms with Crippen LogP contribution >= 0.6 is 109 Å². The third-order valence-corrected chi connectivity index (χ3v) is 17.6. The Kier molecular flexibility index (Phi) is 26.2. The minimum atomic E-state index is 0.0563. The van der Waals surface area contributed by atoms with Crippen molar-refractivity contribution in [3.63, 3.8) is 0 Å². The Morgan fingerprint density at radius 2 is 0.750 bits per heavy atom. The Morgan fingerprint density at radius 1 is 0.443 bits per heavy atom. The number of primary amides is 2. The van der Waals surface area contributed by atoms with E-state index in [-0.39, 0.29) is 18.6 Å². The lowest BCUT2D eigenvalue weighted by atomic mass is 10.2. The Morgan fingerprint density at radius 3 is 1.08 bits per heavy atom. The van der Waals surface area contributed by atoms with Gasteiger partial charge in [0.25, 0.3) is 0 Å². The highest BCUT2D eigenvalue weighted by molar-refractivity contribution is 9.11. The number of aldehydes is 1. The van der Waals surface area contributed by atoms with Crippen LogP contribution in [0.25, 0.3) is 40.3 Å². The molecule has 12 rings (SSSR count). The Labute approximate surface area is 553 Å². The number of aromatic nitrogens is 4. The molecule has 18 nitrogen and oxygen atoms in total. The van der Waals surface area contributed by atoms with Crippen molar-refractivity contribution in [2.45, 2.75) is 13.8 Å². The highest BCUT2D eigenvalue weighted by Crippen LogP contribution is 2.39. The zero-order valence-electron chi connectivity index (χ0n) is 46.5. The number of ether oxygens (including phenoxy) is 4. The van der Waals surface area contributed by atoms with Crippen molar-refractivity contribution in [3.05, 3.63) is 208 Å². The Hall–Kier alpha value is -8.34. The van der Waals surface area contributed by atoms with E-state index >= 15 is 0 Å². The van der Waals surface area contributed by atoms with Gasteiger partial charge in [-0.15, -0.1) is 45.3 Å². The molecule has 0 radical (unpaired) electrons. The highest BCUT2D eigenvalue weighted by Gasteiger charge is 2.14. The summed E-state index contributed by atoms with van der Waals surface area (Å²) in [6.07, 6.45) is 16.9. The number of carbonyl (C=O) groups is 4. The molecule has 0 aliphatic heterocycles. The first-order valence-corrected chi connectivity index (χ1v) is 31.7. The largest absolute Gasteiger partial charge is 0.455 e. The third-order valence-electron chi connectivity index (χ3n) is 11.2. The molecule has 8 heterocycles. The number of oxime groups is 2. The molecule has 0 saturated heterocycles. The first-order valence-electron chi connectivity index (χ1n) is 25.3. The standard InChI is InChI=1S/C16H13BrN2O2S.C15H11BrN2O2S.C15H10BrNO2S.C14H8BrNO2S.2CH3NO/c1-10(19-20-2)15-7-13-14(8-18-9-16(13)22-15)21-12-5-3-11(17)4-6-12;1-19-18-7-12-6-13-14(8-17-9-15(13)21-12)20-11-4-2-10(16)3-5-11;1-9(18)14-6-12-13(7-17-8-15(12)20-14)19-11-4-2-10(16)3-5-11;15-9-1-3-10(4-2-9)18-13-6-16-7-14-12(13)5-11(8-17)19-14;2*2-1-3/h3-9H,1-2H3;2-9H,1H3;2-8H,1H3;1-8H;2*1H,(H2,2,3)/b19-10+;18-7+;;;;. The van der Waals surface area contributed by atoms with Crippen molar-refractivity contribution >= 4 is 186 Å². The van der Waals surface area contributed by atoms with E-state index < -0.39 is 0 Å². The molecule has 0 aliphatic rings. The van der Waals surface area contributed by atoms with Gasteiger partial charge in [-0.25, -0.2) is 0 Å². The number of hydrogen-bond donors (Lipinski definition) is 2. The van der Waals surface area contributed by atoms with Crippen LogP contribution in [0.1, 0.15) is 42.9 Å². The van der Waals surface area contributed by atoms with E-state index in [1.54, 1.807) is 80.1 Å². The summed E-state index contributed by atoms with van der Waals surface area (Å²) in [6, 6.07) is 38.3. The first-order chi connectivity index (χ1) is 42.6. The molecule has 0 bridgehead atoms. The number of carbonyl (C=O) groups excluding carboxylic acids is 4. The Balaban J connectivity index is 0.000000162. The van der Waals surface area contributed by atoms with E-state index in [2.05, 4.69) is 105 Å². The lowest BCUT2D eigenvalue weighted by Gasteiger charge is -2.06. The average molecular weight is 1510 g/mol. The van der Waals surface area contributed by atoms with Crippen LogP contribution in [0, 0.1) is 0 Å². The number of benzene rings is 4. The molecular formula is C62H48Br4N8O10S4. The minimum absolute atomic E-state index is 0.0563. The molecule has 26 heteroatoms. The fourth-order valence-electron chi connectivity index (χ4n) is 7.39. The van der Waals surface area contributed by atoms with Crippen molar-refractivity contribution in [3.8, 4) is 46.0 Å². The molecule has 0 spiro atoms. The van der Waals surface area contributed by atoms with Gasteiger partial charge in [-0.3, -0.25) is 39.1 Å². The molecule has 0 fully saturated rings.